The number of guanidine groups is 1. The first-order chi connectivity index (χ1) is 11.7. The number of aliphatic imine (C=N–C) groups is 1. The highest BCUT2D eigenvalue weighted by Crippen LogP contribution is 2.22. The van der Waals surface area contributed by atoms with Gasteiger partial charge in [0.25, 0.3) is 0 Å². The van der Waals surface area contributed by atoms with Crippen molar-refractivity contribution in [1.29, 1.82) is 0 Å². The molecule has 0 radical (unpaired) electrons. The lowest BCUT2D eigenvalue weighted by Gasteiger charge is -2.36. The summed E-state index contributed by atoms with van der Waals surface area (Å²) in [6, 6.07) is 2.02. The van der Waals surface area contributed by atoms with Crippen molar-refractivity contribution in [1.82, 2.24) is 20.3 Å². The molecule has 24 heavy (non-hydrogen) atoms. The fourth-order valence-electron chi connectivity index (χ4n) is 3.36. The van der Waals surface area contributed by atoms with Crippen LogP contribution < -0.4 is 5.32 Å². The van der Waals surface area contributed by atoms with E-state index in [9.17, 15) is 0 Å². The molecule has 2 saturated heterocycles. The van der Waals surface area contributed by atoms with Gasteiger partial charge >= 0.3 is 0 Å². The topological polar surface area (TPSA) is 56.9 Å². The van der Waals surface area contributed by atoms with Gasteiger partial charge in [-0.1, -0.05) is 5.16 Å². The lowest BCUT2D eigenvalue weighted by atomic mass is 10.0. The molecule has 3 heterocycles. The number of aromatic nitrogens is 1. The van der Waals surface area contributed by atoms with Gasteiger partial charge in [0, 0.05) is 52.4 Å². The zero-order valence-corrected chi connectivity index (χ0v) is 15.6. The van der Waals surface area contributed by atoms with Crippen LogP contribution in [-0.2, 0) is 6.54 Å². The lowest BCUT2D eigenvalue weighted by molar-refractivity contribution is 0.168. The predicted molar refractivity (Wildman–Crippen MR) is 99.5 cm³/mol. The highest BCUT2D eigenvalue weighted by atomic mass is 32.2. The number of nitrogens with one attached hydrogen (secondary N) is 1. The number of hydrogen-bond donors (Lipinski definition) is 1. The molecule has 1 aromatic rings. The standard InChI is InChI=1S/C17H29N5OS/c1-14-11-16(20-23-14)13-21-5-7-22(8-6-21)17(18-2)19-12-15-3-9-24-10-4-15/h11,15H,3-10,12-13H2,1-2H3,(H,18,19). The molecule has 1 N–H and O–H groups in total. The van der Waals surface area contributed by atoms with Crippen molar-refractivity contribution >= 4 is 17.7 Å². The molecular formula is C17H29N5OS. The Morgan fingerprint density at radius 3 is 2.71 bits per heavy atom. The summed E-state index contributed by atoms with van der Waals surface area (Å²) in [6.07, 6.45) is 2.67. The van der Waals surface area contributed by atoms with E-state index in [1.807, 2.05) is 20.0 Å². The van der Waals surface area contributed by atoms with Crippen molar-refractivity contribution in [2.75, 3.05) is 51.3 Å². The van der Waals surface area contributed by atoms with Gasteiger partial charge in [-0.2, -0.15) is 11.8 Å². The molecule has 0 atom stereocenters. The highest BCUT2D eigenvalue weighted by Gasteiger charge is 2.21. The van der Waals surface area contributed by atoms with Crippen LogP contribution in [0, 0.1) is 12.8 Å². The summed E-state index contributed by atoms with van der Waals surface area (Å²) < 4.78 is 5.15. The van der Waals surface area contributed by atoms with E-state index in [0.29, 0.717) is 0 Å². The summed E-state index contributed by atoms with van der Waals surface area (Å²) in [4.78, 5) is 9.30. The van der Waals surface area contributed by atoms with E-state index in [-0.39, 0.29) is 0 Å². The Labute approximate surface area is 149 Å². The van der Waals surface area contributed by atoms with Crippen LogP contribution in [0.4, 0.5) is 0 Å². The molecule has 7 heteroatoms. The quantitative estimate of drug-likeness (QED) is 0.660. The summed E-state index contributed by atoms with van der Waals surface area (Å²) >= 11 is 2.08. The van der Waals surface area contributed by atoms with E-state index >= 15 is 0 Å². The van der Waals surface area contributed by atoms with Crippen LogP contribution in [0.2, 0.25) is 0 Å². The molecule has 0 bridgehead atoms. The van der Waals surface area contributed by atoms with Gasteiger partial charge in [-0.15, -0.1) is 0 Å². The van der Waals surface area contributed by atoms with Gasteiger partial charge in [-0.25, -0.2) is 0 Å². The first-order valence-corrected chi connectivity index (χ1v) is 10.1. The summed E-state index contributed by atoms with van der Waals surface area (Å²) in [5.41, 5.74) is 1.03. The maximum atomic E-state index is 5.15. The highest BCUT2D eigenvalue weighted by molar-refractivity contribution is 7.99. The molecule has 0 aromatic carbocycles. The number of piperazine rings is 1. The average molecular weight is 352 g/mol. The van der Waals surface area contributed by atoms with Crippen molar-refractivity contribution in [2.45, 2.75) is 26.3 Å². The van der Waals surface area contributed by atoms with Crippen molar-refractivity contribution in [3.05, 3.63) is 17.5 Å². The summed E-state index contributed by atoms with van der Waals surface area (Å²) in [5, 5.41) is 7.69. The Morgan fingerprint density at radius 2 is 2.08 bits per heavy atom. The fraction of sp³-hybridized carbons (Fsp3) is 0.765. The number of thioether (sulfide) groups is 1. The second-order valence-corrected chi connectivity index (χ2v) is 7.90. The van der Waals surface area contributed by atoms with Gasteiger partial charge in [0.1, 0.15) is 5.76 Å². The normalized spacial score (nSPS) is 21.2. The molecule has 2 aliphatic heterocycles. The number of hydrogen-bond acceptors (Lipinski definition) is 5. The van der Waals surface area contributed by atoms with Crippen molar-refractivity contribution in [3.63, 3.8) is 0 Å². The molecule has 2 aliphatic rings. The van der Waals surface area contributed by atoms with Gasteiger partial charge < -0.3 is 14.7 Å². The van der Waals surface area contributed by atoms with Gasteiger partial charge in [0.15, 0.2) is 5.96 Å². The molecule has 0 amide bonds. The van der Waals surface area contributed by atoms with Gasteiger partial charge in [0.05, 0.1) is 5.69 Å². The minimum Gasteiger partial charge on any atom is -0.361 e. The number of aryl methyl sites for hydroxylation is 1. The Kier molecular flexibility index (Phi) is 6.43. The summed E-state index contributed by atoms with van der Waals surface area (Å²) in [5.74, 6) is 5.37. The molecule has 2 fully saturated rings. The molecule has 0 unspecified atom stereocenters. The molecule has 0 aliphatic carbocycles. The van der Waals surface area contributed by atoms with E-state index < -0.39 is 0 Å². The monoisotopic (exact) mass is 351 g/mol. The third-order valence-electron chi connectivity index (χ3n) is 4.84. The van der Waals surface area contributed by atoms with Crippen molar-refractivity contribution in [2.24, 2.45) is 10.9 Å². The molecule has 1 aromatic heterocycles. The molecule has 0 spiro atoms. The molecule has 3 rings (SSSR count). The minimum atomic E-state index is 0.805. The predicted octanol–water partition coefficient (Wildman–Crippen LogP) is 1.82. The van der Waals surface area contributed by atoms with Crippen LogP contribution in [0.1, 0.15) is 24.3 Å². The van der Waals surface area contributed by atoms with Gasteiger partial charge in [0.2, 0.25) is 0 Å². The Morgan fingerprint density at radius 1 is 1.33 bits per heavy atom. The first kappa shape index (κ1) is 17.6. The largest absolute Gasteiger partial charge is 0.361 e. The smallest absolute Gasteiger partial charge is 0.193 e. The Balaban J connectivity index is 1.42. The summed E-state index contributed by atoms with van der Waals surface area (Å²) in [6.45, 7) is 7.96. The van der Waals surface area contributed by atoms with Crippen LogP contribution in [-0.4, -0.2) is 72.2 Å². The maximum Gasteiger partial charge on any atom is 0.193 e. The van der Waals surface area contributed by atoms with E-state index in [1.54, 1.807) is 0 Å². The fourth-order valence-corrected chi connectivity index (χ4v) is 4.56. The van der Waals surface area contributed by atoms with Gasteiger partial charge in [-0.05, 0) is 37.2 Å². The first-order valence-electron chi connectivity index (χ1n) is 8.92. The summed E-state index contributed by atoms with van der Waals surface area (Å²) in [7, 11) is 1.89. The second-order valence-electron chi connectivity index (χ2n) is 6.68. The third kappa shape index (κ3) is 4.89. The van der Waals surface area contributed by atoms with Crippen molar-refractivity contribution in [3.8, 4) is 0 Å². The van der Waals surface area contributed by atoms with Crippen molar-refractivity contribution < 1.29 is 4.52 Å². The SMILES string of the molecule is CN=C(NCC1CCSCC1)N1CCN(Cc2cc(C)on2)CC1. The second kappa shape index (κ2) is 8.76. The molecule has 6 nitrogen and oxygen atoms in total. The minimum absolute atomic E-state index is 0.805. The lowest BCUT2D eigenvalue weighted by Crippen LogP contribution is -2.52. The van der Waals surface area contributed by atoms with Crippen LogP contribution in [0.25, 0.3) is 0 Å². The van der Waals surface area contributed by atoms with Crippen LogP contribution >= 0.6 is 11.8 Å². The molecular weight excluding hydrogens is 322 g/mol. The zero-order valence-electron chi connectivity index (χ0n) is 14.8. The molecule has 0 saturated carbocycles. The third-order valence-corrected chi connectivity index (χ3v) is 5.88. The Hall–Kier alpha value is -1.21. The van der Waals surface area contributed by atoms with E-state index in [2.05, 4.69) is 37.0 Å². The van der Waals surface area contributed by atoms with E-state index in [1.165, 1.54) is 24.3 Å². The maximum absolute atomic E-state index is 5.15. The Bertz CT molecular complexity index is 533. The number of rotatable bonds is 4. The van der Waals surface area contributed by atoms with Crippen LogP contribution in [0.5, 0.6) is 0 Å². The average Bonchev–Trinajstić information content (AvgIpc) is 3.02. The van der Waals surface area contributed by atoms with E-state index in [4.69, 9.17) is 4.52 Å². The van der Waals surface area contributed by atoms with Crippen LogP contribution in [0.15, 0.2) is 15.6 Å². The van der Waals surface area contributed by atoms with Crippen LogP contribution in [0.3, 0.4) is 0 Å². The van der Waals surface area contributed by atoms with Gasteiger partial charge in [-0.3, -0.25) is 9.89 Å². The van der Waals surface area contributed by atoms with E-state index in [0.717, 1.165) is 62.6 Å². The number of nitrogens with zero attached hydrogens (tertiary/aromatic N) is 4. The zero-order chi connectivity index (χ0) is 16.8. The molecule has 134 valence electrons.